The zero-order chi connectivity index (χ0) is 15.7. The number of methoxy groups -OCH3 is 1. The van der Waals surface area contributed by atoms with Gasteiger partial charge in [0, 0.05) is 7.05 Å². The lowest BCUT2D eigenvalue weighted by Crippen LogP contribution is -2.25. The van der Waals surface area contributed by atoms with Crippen LogP contribution in [0.2, 0.25) is 0 Å². The minimum atomic E-state index is -0.110. The molecule has 0 aromatic heterocycles. The quantitative estimate of drug-likeness (QED) is 0.689. The molecule has 1 N–H and O–H groups in total. The summed E-state index contributed by atoms with van der Waals surface area (Å²) < 4.78 is 5.44. The Bertz CT molecular complexity index is 635. The molecule has 2 rings (SSSR count). The second kappa shape index (κ2) is 5.85. The Hall–Kier alpha value is -1.88. The summed E-state index contributed by atoms with van der Waals surface area (Å²) in [4.78, 5) is 13.5. The number of ether oxygens (including phenoxy) is 1. The summed E-state index contributed by atoms with van der Waals surface area (Å²) >= 11 is 5.08. The van der Waals surface area contributed by atoms with Crippen molar-refractivity contribution in [2.75, 3.05) is 14.2 Å². The molecule has 1 heterocycles. The van der Waals surface area contributed by atoms with E-state index in [0.717, 1.165) is 22.4 Å². The molecule has 112 valence electrons. The molecule has 5 heteroatoms. The normalized spacial score (nSPS) is 16.9. The summed E-state index contributed by atoms with van der Waals surface area (Å²) in [5.74, 6) is 1.11. The van der Waals surface area contributed by atoms with Gasteiger partial charge in [-0.2, -0.15) is 0 Å². The van der Waals surface area contributed by atoms with Crippen LogP contribution in [0.3, 0.4) is 0 Å². The van der Waals surface area contributed by atoms with Gasteiger partial charge in [-0.25, -0.2) is 0 Å². The second-order valence-electron chi connectivity index (χ2n) is 5.46. The average molecular weight is 304 g/mol. The summed E-state index contributed by atoms with van der Waals surface area (Å²) in [6.45, 7) is 6.23. The Morgan fingerprint density at radius 3 is 2.52 bits per heavy atom. The van der Waals surface area contributed by atoms with Gasteiger partial charge in [0.05, 0.1) is 7.11 Å². The van der Waals surface area contributed by atoms with Crippen LogP contribution < -0.4 is 10.1 Å². The monoisotopic (exact) mass is 304 g/mol. The Kier molecular flexibility index (Phi) is 4.32. The third kappa shape index (κ3) is 2.93. The summed E-state index contributed by atoms with van der Waals surface area (Å²) in [5.41, 5.74) is 3.68. The molecule has 0 atom stereocenters. The van der Waals surface area contributed by atoms with E-state index in [2.05, 4.69) is 25.2 Å². The van der Waals surface area contributed by atoms with E-state index in [9.17, 15) is 4.79 Å². The predicted octanol–water partition coefficient (Wildman–Crippen LogP) is 2.81. The summed E-state index contributed by atoms with van der Waals surface area (Å²) in [5, 5.41) is 3.38. The van der Waals surface area contributed by atoms with Crippen LogP contribution in [0.25, 0.3) is 6.08 Å². The summed E-state index contributed by atoms with van der Waals surface area (Å²) in [6.07, 6.45) is 1.85. The van der Waals surface area contributed by atoms with Crippen molar-refractivity contribution in [3.05, 3.63) is 34.5 Å². The second-order valence-corrected chi connectivity index (χ2v) is 5.84. The summed E-state index contributed by atoms with van der Waals surface area (Å²) in [7, 11) is 3.34. The highest BCUT2D eigenvalue weighted by molar-refractivity contribution is 7.80. The molecule has 1 aliphatic heterocycles. The van der Waals surface area contributed by atoms with E-state index >= 15 is 0 Å². The molecule has 1 aromatic rings. The number of carbonyl (C=O) groups excluding carboxylic acids is 1. The first-order valence-corrected chi connectivity index (χ1v) is 7.25. The van der Waals surface area contributed by atoms with Gasteiger partial charge >= 0.3 is 0 Å². The van der Waals surface area contributed by atoms with Gasteiger partial charge in [0.15, 0.2) is 5.11 Å². The maximum atomic E-state index is 12.1. The molecule has 0 spiro atoms. The SMILES string of the molecule is COc1cc(C)c(/C=C2\NC(=S)N(C)C2=O)cc1C(C)C. The first-order valence-electron chi connectivity index (χ1n) is 6.84. The topological polar surface area (TPSA) is 41.6 Å². The highest BCUT2D eigenvalue weighted by atomic mass is 32.1. The van der Waals surface area contributed by atoms with Crippen LogP contribution in [0.15, 0.2) is 17.8 Å². The maximum Gasteiger partial charge on any atom is 0.276 e. The number of aryl methyl sites for hydroxylation is 1. The first kappa shape index (κ1) is 15.5. The van der Waals surface area contributed by atoms with Crippen molar-refractivity contribution < 1.29 is 9.53 Å². The zero-order valence-electron chi connectivity index (χ0n) is 13.0. The van der Waals surface area contributed by atoms with Crippen molar-refractivity contribution in [3.63, 3.8) is 0 Å². The van der Waals surface area contributed by atoms with Crippen LogP contribution in [0.1, 0.15) is 36.5 Å². The minimum absolute atomic E-state index is 0.110. The van der Waals surface area contributed by atoms with Gasteiger partial charge in [0.2, 0.25) is 0 Å². The van der Waals surface area contributed by atoms with Crippen molar-refractivity contribution >= 4 is 29.3 Å². The number of nitrogens with zero attached hydrogens (tertiary/aromatic N) is 1. The number of thiocarbonyl (C=S) groups is 1. The van der Waals surface area contributed by atoms with Gasteiger partial charge in [-0.05, 0) is 60.0 Å². The van der Waals surface area contributed by atoms with Crippen molar-refractivity contribution in [1.29, 1.82) is 0 Å². The van der Waals surface area contributed by atoms with Crippen molar-refractivity contribution in [1.82, 2.24) is 10.2 Å². The Labute approximate surface area is 130 Å². The number of nitrogens with one attached hydrogen (secondary N) is 1. The third-order valence-electron chi connectivity index (χ3n) is 3.62. The molecule has 1 saturated heterocycles. The van der Waals surface area contributed by atoms with Gasteiger partial charge in [-0.3, -0.25) is 9.69 Å². The zero-order valence-corrected chi connectivity index (χ0v) is 13.8. The van der Waals surface area contributed by atoms with E-state index in [1.807, 2.05) is 19.1 Å². The summed E-state index contributed by atoms with van der Waals surface area (Å²) in [6, 6.07) is 4.07. The third-order valence-corrected chi connectivity index (χ3v) is 4.00. The molecular weight excluding hydrogens is 284 g/mol. The number of benzene rings is 1. The molecule has 0 bridgehead atoms. The highest BCUT2D eigenvalue weighted by Crippen LogP contribution is 2.30. The van der Waals surface area contributed by atoms with Gasteiger partial charge in [-0.15, -0.1) is 0 Å². The Morgan fingerprint density at radius 2 is 2.05 bits per heavy atom. The van der Waals surface area contributed by atoms with Crippen LogP contribution >= 0.6 is 12.2 Å². The van der Waals surface area contributed by atoms with Crippen LogP contribution in [0.5, 0.6) is 5.75 Å². The number of likely N-dealkylation sites (N-methyl/N-ethyl adjacent to an activating group) is 1. The molecular formula is C16H20N2O2S. The lowest BCUT2D eigenvalue weighted by Gasteiger charge is -2.15. The molecule has 4 nitrogen and oxygen atoms in total. The minimum Gasteiger partial charge on any atom is -0.496 e. The van der Waals surface area contributed by atoms with Crippen LogP contribution in [0.4, 0.5) is 0 Å². The van der Waals surface area contributed by atoms with Crippen LogP contribution in [-0.2, 0) is 4.79 Å². The molecule has 0 unspecified atom stereocenters. The van der Waals surface area contributed by atoms with Crippen molar-refractivity contribution in [2.24, 2.45) is 0 Å². The fraction of sp³-hybridized carbons (Fsp3) is 0.375. The smallest absolute Gasteiger partial charge is 0.276 e. The number of rotatable bonds is 3. The number of amides is 1. The van der Waals surface area contributed by atoms with Gasteiger partial charge in [0.1, 0.15) is 11.4 Å². The maximum absolute atomic E-state index is 12.1. The molecule has 0 saturated carbocycles. The molecule has 1 aliphatic rings. The Balaban J connectivity index is 2.48. The standard InChI is InChI=1S/C16H20N2O2S/c1-9(2)12-7-11(10(3)6-14(12)20-5)8-13-15(19)18(4)16(21)17-13/h6-9H,1-5H3,(H,17,21)/b13-8-. The van der Waals surface area contributed by atoms with E-state index in [-0.39, 0.29) is 5.91 Å². The number of carbonyl (C=O) groups is 1. The lowest BCUT2D eigenvalue weighted by atomic mass is 9.96. The fourth-order valence-corrected chi connectivity index (χ4v) is 2.47. The number of hydrogen-bond donors (Lipinski definition) is 1. The first-order chi connectivity index (χ1) is 9.85. The molecule has 21 heavy (non-hydrogen) atoms. The van der Waals surface area contributed by atoms with Gasteiger partial charge < -0.3 is 10.1 Å². The largest absolute Gasteiger partial charge is 0.496 e. The average Bonchev–Trinajstić information content (AvgIpc) is 2.67. The lowest BCUT2D eigenvalue weighted by molar-refractivity contribution is -0.121. The van der Waals surface area contributed by atoms with Crippen molar-refractivity contribution in [3.8, 4) is 5.75 Å². The molecule has 1 amide bonds. The molecule has 0 aliphatic carbocycles. The highest BCUT2D eigenvalue weighted by Gasteiger charge is 2.27. The van der Waals surface area contributed by atoms with E-state index < -0.39 is 0 Å². The molecule has 0 radical (unpaired) electrons. The number of hydrogen-bond acceptors (Lipinski definition) is 3. The fourth-order valence-electron chi connectivity index (χ4n) is 2.28. The van der Waals surface area contributed by atoms with E-state index in [1.54, 1.807) is 14.2 Å². The van der Waals surface area contributed by atoms with E-state index in [1.165, 1.54) is 4.90 Å². The van der Waals surface area contributed by atoms with Crippen molar-refractivity contribution in [2.45, 2.75) is 26.7 Å². The molecule has 1 fully saturated rings. The Morgan fingerprint density at radius 1 is 1.38 bits per heavy atom. The molecule has 1 aromatic carbocycles. The van der Waals surface area contributed by atoms with Gasteiger partial charge in [-0.1, -0.05) is 13.8 Å². The van der Waals surface area contributed by atoms with Crippen LogP contribution in [0, 0.1) is 6.92 Å². The van der Waals surface area contributed by atoms with Gasteiger partial charge in [0.25, 0.3) is 5.91 Å². The van der Waals surface area contributed by atoms with E-state index in [0.29, 0.717) is 16.7 Å². The van der Waals surface area contributed by atoms with Crippen LogP contribution in [-0.4, -0.2) is 30.1 Å². The predicted molar refractivity (Wildman–Crippen MR) is 88.3 cm³/mol. The van der Waals surface area contributed by atoms with E-state index in [4.69, 9.17) is 17.0 Å².